The summed E-state index contributed by atoms with van der Waals surface area (Å²) in [5.74, 6) is 0. The van der Waals surface area contributed by atoms with Crippen LogP contribution in [0.1, 0.15) is 32.1 Å². The topological polar surface area (TPSA) is 23.5 Å². The van der Waals surface area contributed by atoms with E-state index < -0.39 is 12.3 Å². The van der Waals surface area contributed by atoms with Gasteiger partial charge >= 0.3 is 6.18 Å². The smallest absolute Gasteiger partial charge is 0.382 e. The number of alkyl halides is 3. The molecule has 2 nitrogen and oxygen atoms in total. The highest BCUT2D eigenvalue weighted by atomic mass is 19.4. The predicted molar refractivity (Wildman–Crippen MR) is 51.6 cm³/mol. The molecule has 1 N–H and O–H groups in total. The standard InChI is InChI=1S/C10H18F3NO/c11-10(12,13)9(15)8-14-6-4-2-1-3-5-7-14/h9,15H,1-8H2. The van der Waals surface area contributed by atoms with Crippen molar-refractivity contribution < 1.29 is 18.3 Å². The summed E-state index contributed by atoms with van der Waals surface area (Å²) in [6.07, 6.45) is -1.47. The van der Waals surface area contributed by atoms with Crippen molar-refractivity contribution in [3.05, 3.63) is 0 Å². The summed E-state index contributed by atoms with van der Waals surface area (Å²) in [5.41, 5.74) is 0. The molecule has 0 aromatic carbocycles. The van der Waals surface area contributed by atoms with Gasteiger partial charge in [-0.2, -0.15) is 13.2 Å². The predicted octanol–water partition coefficient (Wildman–Crippen LogP) is 2.18. The van der Waals surface area contributed by atoms with Gasteiger partial charge in [0, 0.05) is 6.54 Å². The van der Waals surface area contributed by atoms with Crippen LogP contribution in [0.4, 0.5) is 13.2 Å². The number of β-amino-alcohol motifs (C(OH)–C–C–N with tert-alkyl or cyclic N) is 1. The molecule has 1 unspecified atom stereocenters. The van der Waals surface area contributed by atoms with Gasteiger partial charge < -0.3 is 10.0 Å². The fourth-order valence-electron chi connectivity index (χ4n) is 1.84. The average molecular weight is 225 g/mol. The van der Waals surface area contributed by atoms with Crippen LogP contribution in [0.25, 0.3) is 0 Å². The van der Waals surface area contributed by atoms with E-state index in [1.165, 1.54) is 6.42 Å². The summed E-state index contributed by atoms with van der Waals surface area (Å²) in [7, 11) is 0. The third-order valence-corrected chi connectivity index (χ3v) is 2.76. The average Bonchev–Trinajstić information content (AvgIpc) is 2.07. The van der Waals surface area contributed by atoms with Gasteiger partial charge in [-0.3, -0.25) is 0 Å². The van der Waals surface area contributed by atoms with E-state index in [1.54, 1.807) is 4.90 Å². The normalized spacial score (nSPS) is 23.2. The van der Waals surface area contributed by atoms with Crippen molar-refractivity contribution in [1.29, 1.82) is 0 Å². The highest BCUT2D eigenvalue weighted by Crippen LogP contribution is 2.21. The van der Waals surface area contributed by atoms with Gasteiger partial charge in [0.25, 0.3) is 0 Å². The van der Waals surface area contributed by atoms with Crippen LogP contribution in [0.3, 0.4) is 0 Å². The molecule has 0 bridgehead atoms. The molecule has 1 fully saturated rings. The van der Waals surface area contributed by atoms with E-state index >= 15 is 0 Å². The number of aliphatic hydroxyl groups is 1. The number of hydrogen-bond acceptors (Lipinski definition) is 2. The molecule has 0 aromatic rings. The van der Waals surface area contributed by atoms with E-state index in [-0.39, 0.29) is 6.54 Å². The molecule has 0 amide bonds. The summed E-state index contributed by atoms with van der Waals surface area (Å²) in [5, 5.41) is 8.93. The Bertz CT molecular complexity index is 176. The second-order valence-corrected chi connectivity index (χ2v) is 4.13. The van der Waals surface area contributed by atoms with Crippen LogP contribution < -0.4 is 0 Å². The van der Waals surface area contributed by atoms with Crippen molar-refractivity contribution in [2.24, 2.45) is 0 Å². The number of aliphatic hydroxyl groups excluding tert-OH is 1. The van der Waals surface area contributed by atoms with E-state index in [1.807, 2.05) is 0 Å². The first-order valence-corrected chi connectivity index (χ1v) is 5.47. The van der Waals surface area contributed by atoms with Crippen LogP contribution in [-0.4, -0.2) is 41.9 Å². The van der Waals surface area contributed by atoms with Crippen molar-refractivity contribution in [2.45, 2.75) is 44.4 Å². The maximum atomic E-state index is 12.1. The first kappa shape index (κ1) is 12.8. The Labute approximate surface area is 88.1 Å². The SMILES string of the molecule is OC(CN1CCCCCCC1)C(F)(F)F. The van der Waals surface area contributed by atoms with E-state index in [0.29, 0.717) is 13.1 Å². The zero-order valence-electron chi connectivity index (χ0n) is 8.76. The Hall–Kier alpha value is -0.290. The Morgan fingerprint density at radius 3 is 1.93 bits per heavy atom. The molecule has 1 aliphatic rings. The maximum Gasteiger partial charge on any atom is 0.415 e. The van der Waals surface area contributed by atoms with E-state index in [4.69, 9.17) is 5.11 Å². The van der Waals surface area contributed by atoms with E-state index in [9.17, 15) is 13.2 Å². The lowest BCUT2D eigenvalue weighted by atomic mass is 10.1. The van der Waals surface area contributed by atoms with Crippen LogP contribution >= 0.6 is 0 Å². The largest absolute Gasteiger partial charge is 0.415 e. The molecule has 0 spiro atoms. The van der Waals surface area contributed by atoms with Crippen molar-refractivity contribution in [1.82, 2.24) is 4.90 Å². The Morgan fingerprint density at radius 2 is 1.47 bits per heavy atom. The lowest BCUT2D eigenvalue weighted by Crippen LogP contribution is -2.42. The second kappa shape index (κ2) is 5.70. The number of likely N-dealkylation sites (tertiary alicyclic amines) is 1. The maximum absolute atomic E-state index is 12.1. The lowest BCUT2D eigenvalue weighted by Gasteiger charge is -2.27. The Kier molecular flexibility index (Phi) is 4.86. The van der Waals surface area contributed by atoms with Crippen LogP contribution in [0.15, 0.2) is 0 Å². The third kappa shape index (κ3) is 4.84. The molecule has 0 aromatic heterocycles. The van der Waals surface area contributed by atoms with Gasteiger partial charge in [-0.05, 0) is 25.9 Å². The molecule has 15 heavy (non-hydrogen) atoms. The highest BCUT2D eigenvalue weighted by Gasteiger charge is 2.38. The number of hydrogen-bond donors (Lipinski definition) is 1. The molecule has 0 saturated carbocycles. The molecular formula is C10H18F3NO. The van der Waals surface area contributed by atoms with Gasteiger partial charge in [0.2, 0.25) is 0 Å². The zero-order valence-corrected chi connectivity index (χ0v) is 8.76. The van der Waals surface area contributed by atoms with Gasteiger partial charge in [-0.15, -0.1) is 0 Å². The van der Waals surface area contributed by atoms with Crippen molar-refractivity contribution in [3.63, 3.8) is 0 Å². The minimum atomic E-state index is -4.48. The minimum Gasteiger partial charge on any atom is -0.382 e. The van der Waals surface area contributed by atoms with Crippen molar-refractivity contribution in [3.8, 4) is 0 Å². The van der Waals surface area contributed by atoms with Crippen LogP contribution in [0.5, 0.6) is 0 Å². The molecule has 0 aliphatic carbocycles. The van der Waals surface area contributed by atoms with Crippen molar-refractivity contribution >= 4 is 0 Å². The van der Waals surface area contributed by atoms with Crippen LogP contribution in [0, 0.1) is 0 Å². The summed E-state index contributed by atoms with van der Waals surface area (Å²) < 4.78 is 36.3. The molecule has 1 saturated heterocycles. The second-order valence-electron chi connectivity index (χ2n) is 4.13. The number of rotatable bonds is 2. The fraction of sp³-hybridized carbons (Fsp3) is 1.00. The molecule has 90 valence electrons. The van der Waals surface area contributed by atoms with Gasteiger partial charge in [-0.1, -0.05) is 19.3 Å². The summed E-state index contributed by atoms with van der Waals surface area (Å²) in [6, 6.07) is 0. The molecule has 0 radical (unpaired) electrons. The van der Waals surface area contributed by atoms with Gasteiger partial charge in [0.05, 0.1) is 0 Å². The molecular weight excluding hydrogens is 207 g/mol. The van der Waals surface area contributed by atoms with Crippen LogP contribution in [-0.2, 0) is 0 Å². The molecule has 1 atom stereocenters. The summed E-state index contributed by atoms with van der Waals surface area (Å²) in [6.45, 7) is 1.07. The molecule has 1 aliphatic heterocycles. The van der Waals surface area contributed by atoms with Gasteiger partial charge in [-0.25, -0.2) is 0 Å². The zero-order chi connectivity index (χ0) is 11.3. The van der Waals surface area contributed by atoms with Crippen LogP contribution in [0.2, 0.25) is 0 Å². The lowest BCUT2D eigenvalue weighted by molar-refractivity contribution is -0.208. The highest BCUT2D eigenvalue weighted by molar-refractivity contribution is 4.72. The minimum absolute atomic E-state index is 0.274. The monoisotopic (exact) mass is 225 g/mol. The number of halogens is 3. The summed E-state index contributed by atoms with van der Waals surface area (Å²) in [4.78, 5) is 1.72. The van der Waals surface area contributed by atoms with Gasteiger partial charge in [0.1, 0.15) is 0 Å². The quantitative estimate of drug-likeness (QED) is 0.778. The third-order valence-electron chi connectivity index (χ3n) is 2.76. The Morgan fingerprint density at radius 1 is 1.00 bits per heavy atom. The fourth-order valence-corrected chi connectivity index (χ4v) is 1.84. The molecule has 1 heterocycles. The first-order chi connectivity index (χ1) is 7.00. The van der Waals surface area contributed by atoms with E-state index in [0.717, 1.165) is 25.7 Å². The molecule has 1 rings (SSSR count). The molecule has 5 heteroatoms. The Balaban J connectivity index is 2.34. The number of nitrogens with zero attached hydrogens (tertiary/aromatic N) is 1. The summed E-state index contributed by atoms with van der Waals surface area (Å²) >= 11 is 0. The van der Waals surface area contributed by atoms with E-state index in [2.05, 4.69) is 0 Å². The van der Waals surface area contributed by atoms with Crippen molar-refractivity contribution in [2.75, 3.05) is 19.6 Å². The first-order valence-electron chi connectivity index (χ1n) is 5.47. The van der Waals surface area contributed by atoms with Gasteiger partial charge in [0.15, 0.2) is 6.10 Å².